The van der Waals surface area contributed by atoms with Gasteiger partial charge >= 0.3 is 18.1 Å². The van der Waals surface area contributed by atoms with Crippen LogP contribution in [0.3, 0.4) is 0 Å². The summed E-state index contributed by atoms with van der Waals surface area (Å²) in [6.07, 6.45) is -0.919. The van der Waals surface area contributed by atoms with Crippen molar-refractivity contribution in [1.82, 2.24) is 28.9 Å². The molecule has 11 nitrogen and oxygen atoms in total. The SMILES string of the molecule is CCCN(CCNC)CCn1c(OC2=CC(OC(F)(F)F)=CC(C)C2)nc2c1c(=O)n(CCCO)c(=O)n2C. The van der Waals surface area contributed by atoms with Gasteiger partial charge in [-0.25, -0.2) is 4.79 Å². The lowest BCUT2D eigenvalue weighted by Crippen LogP contribution is -2.40. The average Bonchev–Trinajstić information content (AvgIpc) is 3.21. The molecular formula is C25H37F3N6O5. The molecule has 1 aliphatic rings. The summed E-state index contributed by atoms with van der Waals surface area (Å²) in [5, 5.41) is 12.4. The maximum Gasteiger partial charge on any atom is 0.573 e. The Morgan fingerprint density at radius 2 is 1.95 bits per heavy atom. The van der Waals surface area contributed by atoms with Crippen LogP contribution in [0.1, 0.15) is 33.1 Å². The highest BCUT2D eigenvalue weighted by molar-refractivity contribution is 5.72. The van der Waals surface area contributed by atoms with E-state index in [4.69, 9.17) is 4.74 Å². The number of aromatic nitrogens is 4. The number of hydrogen-bond acceptors (Lipinski definition) is 8. The highest BCUT2D eigenvalue weighted by Gasteiger charge is 2.33. The fourth-order valence-corrected chi connectivity index (χ4v) is 4.53. The smallest absolute Gasteiger partial charge is 0.430 e. The maximum absolute atomic E-state index is 13.5. The maximum atomic E-state index is 13.5. The van der Waals surface area contributed by atoms with Crippen LogP contribution in [0.5, 0.6) is 6.01 Å². The van der Waals surface area contributed by atoms with Crippen molar-refractivity contribution in [2.24, 2.45) is 13.0 Å². The van der Waals surface area contributed by atoms with Gasteiger partial charge in [0.15, 0.2) is 11.2 Å². The molecule has 39 heavy (non-hydrogen) atoms. The topological polar surface area (TPSA) is 116 Å². The molecule has 218 valence electrons. The van der Waals surface area contributed by atoms with E-state index in [1.165, 1.54) is 17.7 Å². The highest BCUT2D eigenvalue weighted by atomic mass is 19.4. The molecule has 0 bridgehead atoms. The monoisotopic (exact) mass is 558 g/mol. The lowest BCUT2D eigenvalue weighted by molar-refractivity contribution is -0.303. The Kier molecular flexibility index (Phi) is 10.4. The van der Waals surface area contributed by atoms with Crippen LogP contribution in [-0.4, -0.2) is 74.9 Å². The van der Waals surface area contributed by atoms with E-state index in [1.807, 2.05) is 7.05 Å². The Morgan fingerprint density at radius 3 is 2.59 bits per heavy atom. The molecule has 1 atom stereocenters. The van der Waals surface area contributed by atoms with Gasteiger partial charge in [0.1, 0.15) is 11.5 Å². The molecule has 0 saturated heterocycles. The number of rotatable bonds is 14. The highest BCUT2D eigenvalue weighted by Crippen LogP contribution is 2.30. The number of imidazole rings is 1. The summed E-state index contributed by atoms with van der Waals surface area (Å²) < 4.78 is 52.6. The lowest BCUT2D eigenvalue weighted by atomic mass is 10.0. The zero-order valence-corrected chi connectivity index (χ0v) is 22.8. The van der Waals surface area contributed by atoms with E-state index in [1.54, 1.807) is 11.5 Å². The Hall–Kier alpha value is -3.10. The van der Waals surface area contributed by atoms with Gasteiger partial charge < -0.3 is 24.8 Å². The number of ether oxygens (including phenoxy) is 2. The largest absolute Gasteiger partial charge is 0.573 e. The van der Waals surface area contributed by atoms with Gasteiger partial charge in [0, 0.05) is 58.9 Å². The predicted octanol–water partition coefficient (Wildman–Crippen LogP) is 1.93. The summed E-state index contributed by atoms with van der Waals surface area (Å²) >= 11 is 0. The van der Waals surface area contributed by atoms with Crippen molar-refractivity contribution >= 4 is 11.2 Å². The molecule has 1 unspecified atom stereocenters. The second kappa shape index (κ2) is 13.3. The number of allylic oxidation sites excluding steroid dienone is 3. The fraction of sp³-hybridized carbons (Fsp3) is 0.640. The third kappa shape index (κ3) is 7.73. The molecule has 2 aromatic rings. The Labute approximate surface area is 224 Å². The standard InChI is InChI=1S/C25H37F3N6O5/c1-5-8-32(10-7-29-3)11-12-33-20-21(31(4)24(37)34(22(20)36)9-6-13-35)30-23(33)38-18-14-17(2)15-19(16-18)39-25(26,27)28/h15-17,29,35H,5-14H2,1-4H3. The zero-order chi connectivity index (χ0) is 28.7. The molecule has 0 aliphatic heterocycles. The van der Waals surface area contributed by atoms with Gasteiger partial charge in [0.05, 0.1) is 0 Å². The van der Waals surface area contributed by atoms with Crippen LogP contribution in [0.2, 0.25) is 0 Å². The van der Waals surface area contributed by atoms with Crippen LogP contribution in [-0.2, 0) is 24.9 Å². The Balaban J connectivity index is 2.09. The second-order valence-corrected chi connectivity index (χ2v) is 9.55. The van der Waals surface area contributed by atoms with Crippen molar-refractivity contribution in [3.63, 3.8) is 0 Å². The van der Waals surface area contributed by atoms with Gasteiger partial charge in [-0.15, -0.1) is 13.2 Å². The van der Waals surface area contributed by atoms with Crippen LogP contribution in [0, 0.1) is 5.92 Å². The van der Waals surface area contributed by atoms with Crippen molar-refractivity contribution in [2.75, 3.05) is 39.8 Å². The summed E-state index contributed by atoms with van der Waals surface area (Å²) in [7, 11) is 3.34. The van der Waals surface area contributed by atoms with Crippen molar-refractivity contribution < 1.29 is 27.8 Å². The normalized spacial score (nSPS) is 16.1. The number of hydrogen-bond donors (Lipinski definition) is 2. The summed E-state index contributed by atoms with van der Waals surface area (Å²) in [5.74, 6) is -0.507. The van der Waals surface area contributed by atoms with Gasteiger partial charge in [0.25, 0.3) is 5.56 Å². The van der Waals surface area contributed by atoms with Crippen LogP contribution in [0.15, 0.2) is 33.3 Å². The van der Waals surface area contributed by atoms with Gasteiger partial charge in [-0.05, 0) is 38.4 Å². The van der Waals surface area contributed by atoms with E-state index in [0.29, 0.717) is 6.54 Å². The predicted molar refractivity (Wildman–Crippen MR) is 139 cm³/mol. The molecule has 2 N–H and O–H groups in total. The number of aliphatic hydroxyl groups excluding tert-OH is 1. The molecule has 0 aromatic carbocycles. The molecule has 0 radical (unpaired) electrons. The fourth-order valence-electron chi connectivity index (χ4n) is 4.53. The van der Waals surface area contributed by atoms with Crippen LogP contribution >= 0.6 is 0 Å². The first kappa shape index (κ1) is 30.4. The molecule has 2 heterocycles. The Morgan fingerprint density at radius 1 is 1.21 bits per heavy atom. The minimum absolute atomic E-state index is 0.00576. The number of aliphatic hydroxyl groups is 1. The summed E-state index contributed by atoms with van der Waals surface area (Å²) in [6, 6.07) is -0.00576. The van der Waals surface area contributed by atoms with E-state index >= 15 is 0 Å². The van der Waals surface area contributed by atoms with Gasteiger partial charge in [-0.2, -0.15) is 4.98 Å². The summed E-state index contributed by atoms with van der Waals surface area (Å²) in [5.41, 5.74) is -0.924. The van der Waals surface area contributed by atoms with E-state index in [0.717, 1.165) is 36.7 Å². The van der Waals surface area contributed by atoms with E-state index < -0.39 is 17.6 Å². The zero-order valence-electron chi connectivity index (χ0n) is 22.8. The van der Waals surface area contributed by atoms with E-state index in [9.17, 15) is 27.9 Å². The molecule has 0 amide bonds. The number of nitrogens with one attached hydrogen (secondary N) is 1. The number of nitrogens with zero attached hydrogens (tertiary/aromatic N) is 5. The molecule has 1 aliphatic carbocycles. The third-order valence-electron chi connectivity index (χ3n) is 6.33. The number of likely N-dealkylation sites (N-methyl/N-ethyl adjacent to an activating group) is 1. The van der Waals surface area contributed by atoms with Crippen molar-refractivity contribution in [3.05, 3.63) is 44.5 Å². The quantitative estimate of drug-likeness (QED) is 0.362. The van der Waals surface area contributed by atoms with E-state index in [-0.39, 0.29) is 67.1 Å². The molecule has 0 spiro atoms. The minimum atomic E-state index is -4.86. The van der Waals surface area contributed by atoms with Gasteiger partial charge in [-0.1, -0.05) is 13.8 Å². The summed E-state index contributed by atoms with van der Waals surface area (Å²) in [4.78, 5) is 33.1. The van der Waals surface area contributed by atoms with E-state index in [2.05, 4.69) is 26.9 Å². The average molecular weight is 559 g/mol. The Bertz CT molecular complexity index is 1310. The van der Waals surface area contributed by atoms with Crippen molar-refractivity contribution in [2.45, 2.75) is 52.6 Å². The van der Waals surface area contributed by atoms with Crippen molar-refractivity contribution in [1.29, 1.82) is 0 Å². The molecule has 3 rings (SSSR count). The first-order chi connectivity index (χ1) is 18.5. The van der Waals surface area contributed by atoms with Crippen LogP contribution < -0.4 is 21.3 Å². The summed E-state index contributed by atoms with van der Waals surface area (Å²) in [6.45, 7) is 6.78. The number of aryl methyl sites for hydroxylation is 1. The first-order valence-corrected chi connectivity index (χ1v) is 13.0. The minimum Gasteiger partial charge on any atom is -0.430 e. The second-order valence-electron chi connectivity index (χ2n) is 9.55. The van der Waals surface area contributed by atoms with Crippen molar-refractivity contribution in [3.8, 4) is 6.01 Å². The first-order valence-electron chi connectivity index (χ1n) is 13.0. The van der Waals surface area contributed by atoms with Gasteiger partial charge in [-0.3, -0.25) is 18.5 Å². The molecule has 14 heteroatoms. The molecule has 2 aromatic heterocycles. The number of halogens is 3. The van der Waals surface area contributed by atoms with Crippen LogP contribution in [0.25, 0.3) is 11.2 Å². The number of alkyl halides is 3. The third-order valence-corrected chi connectivity index (χ3v) is 6.33. The molecule has 0 saturated carbocycles. The molecular weight excluding hydrogens is 521 g/mol. The van der Waals surface area contributed by atoms with Gasteiger partial charge in [0.2, 0.25) is 0 Å². The lowest BCUT2D eigenvalue weighted by Gasteiger charge is -2.23. The molecule has 0 fully saturated rings. The number of fused-ring (bicyclic) bond motifs is 1. The van der Waals surface area contributed by atoms with Crippen LogP contribution in [0.4, 0.5) is 13.2 Å².